The lowest BCUT2D eigenvalue weighted by molar-refractivity contribution is 0.242. The summed E-state index contributed by atoms with van der Waals surface area (Å²) in [6, 6.07) is 7.43. The molecule has 106 valence electrons. The monoisotopic (exact) mass is 293 g/mol. The molecule has 1 atom stereocenters. The Kier molecular flexibility index (Phi) is 4.18. The Morgan fingerprint density at radius 1 is 1.40 bits per heavy atom. The standard InChI is InChI=1S/C14H16ClN3O2/c15-10-4-3-5-11(8-10)19-9-13-17-14(18-20-13)12-6-1-2-7-16-12/h3-5,8,12,16H,1-2,6-7,9H2. The summed E-state index contributed by atoms with van der Waals surface area (Å²) in [6.07, 6.45) is 3.45. The van der Waals surface area contributed by atoms with E-state index in [9.17, 15) is 0 Å². The molecule has 2 aromatic rings. The SMILES string of the molecule is Clc1cccc(OCc2nc(C3CCCCN3)no2)c1. The summed E-state index contributed by atoms with van der Waals surface area (Å²) in [7, 11) is 0. The van der Waals surface area contributed by atoms with Gasteiger partial charge in [0.05, 0.1) is 6.04 Å². The van der Waals surface area contributed by atoms with Gasteiger partial charge in [-0.05, 0) is 37.6 Å². The number of ether oxygens (including phenoxy) is 1. The average molecular weight is 294 g/mol. The van der Waals surface area contributed by atoms with Crippen LogP contribution >= 0.6 is 11.6 Å². The van der Waals surface area contributed by atoms with Gasteiger partial charge in [0.2, 0.25) is 0 Å². The first-order valence-corrected chi connectivity index (χ1v) is 7.13. The third-order valence-electron chi connectivity index (χ3n) is 3.26. The maximum Gasteiger partial charge on any atom is 0.264 e. The van der Waals surface area contributed by atoms with Gasteiger partial charge in [0.25, 0.3) is 5.89 Å². The minimum absolute atomic E-state index is 0.201. The second-order valence-corrected chi connectivity index (χ2v) is 5.23. The van der Waals surface area contributed by atoms with Gasteiger partial charge in [-0.25, -0.2) is 0 Å². The highest BCUT2D eigenvalue weighted by Gasteiger charge is 2.20. The highest BCUT2D eigenvalue weighted by atomic mass is 35.5. The molecule has 1 aliphatic rings. The molecule has 3 rings (SSSR count). The van der Waals surface area contributed by atoms with E-state index in [1.807, 2.05) is 12.1 Å². The Bertz CT molecular complexity index is 567. The van der Waals surface area contributed by atoms with Gasteiger partial charge in [-0.1, -0.05) is 29.2 Å². The minimum atomic E-state index is 0.201. The number of benzene rings is 1. The van der Waals surface area contributed by atoms with Gasteiger partial charge < -0.3 is 14.6 Å². The molecule has 0 radical (unpaired) electrons. The van der Waals surface area contributed by atoms with Crippen molar-refractivity contribution in [2.24, 2.45) is 0 Å². The molecule has 1 N–H and O–H groups in total. The summed E-state index contributed by atoms with van der Waals surface area (Å²) in [5.41, 5.74) is 0. The summed E-state index contributed by atoms with van der Waals surface area (Å²) in [5.74, 6) is 1.88. The number of aromatic nitrogens is 2. The fourth-order valence-corrected chi connectivity index (χ4v) is 2.42. The van der Waals surface area contributed by atoms with E-state index >= 15 is 0 Å². The molecule has 0 bridgehead atoms. The fourth-order valence-electron chi connectivity index (χ4n) is 2.24. The first-order chi connectivity index (χ1) is 9.81. The van der Waals surface area contributed by atoms with E-state index in [0.717, 1.165) is 18.8 Å². The predicted molar refractivity (Wildman–Crippen MR) is 74.7 cm³/mol. The molecular weight excluding hydrogens is 278 g/mol. The second kappa shape index (κ2) is 6.24. The average Bonchev–Trinajstić information content (AvgIpc) is 2.95. The van der Waals surface area contributed by atoms with Crippen molar-refractivity contribution in [2.45, 2.75) is 31.9 Å². The van der Waals surface area contributed by atoms with Crippen molar-refractivity contribution in [3.63, 3.8) is 0 Å². The lowest BCUT2D eigenvalue weighted by Crippen LogP contribution is -2.27. The van der Waals surface area contributed by atoms with Crippen LogP contribution in [0.2, 0.25) is 5.02 Å². The number of hydrogen-bond donors (Lipinski definition) is 1. The van der Waals surface area contributed by atoms with Crippen LogP contribution < -0.4 is 10.1 Å². The van der Waals surface area contributed by atoms with E-state index in [2.05, 4.69) is 15.5 Å². The van der Waals surface area contributed by atoms with E-state index < -0.39 is 0 Å². The molecule has 0 amide bonds. The zero-order valence-electron chi connectivity index (χ0n) is 11.0. The zero-order chi connectivity index (χ0) is 13.8. The van der Waals surface area contributed by atoms with Crippen molar-refractivity contribution in [3.8, 4) is 5.75 Å². The van der Waals surface area contributed by atoms with Crippen LogP contribution in [-0.4, -0.2) is 16.7 Å². The molecule has 1 saturated heterocycles. The lowest BCUT2D eigenvalue weighted by Gasteiger charge is -2.19. The van der Waals surface area contributed by atoms with E-state index in [4.69, 9.17) is 20.9 Å². The van der Waals surface area contributed by atoms with Gasteiger partial charge in [-0.3, -0.25) is 0 Å². The van der Waals surface area contributed by atoms with Crippen LogP contribution in [0.1, 0.15) is 37.0 Å². The van der Waals surface area contributed by atoms with Crippen LogP contribution in [0.15, 0.2) is 28.8 Å². The molecule has 0 spiro atoms. The van der Waals surface area contributed by atoms with E-state index in [1.165, 1.54) is 12.8 Å². The number of nitrogens with zero attached hydrogens (tertiary/aromatic N) is 2. The van der Waals surface area contributed by atoms with Gasteiger partial charge in [-0.15, -0.1) is 0 Å². The van der Waals surface area contributed by atoms with Crippen molar-refractivity contribution >= 4 is 11.6 Å². The molecule has 1 aromatic carbocycles. The number of halogens is 1. The minimum Gasteiger partial charge on any atom is -0.484 e. The van der Waals surface area contributed by atoms with Crippen molar-refractivity contribution in [3.05, 3.63) is 41.0 Å². The third kappa shape index (κ3) is 3.29. The topological polar surface area (TPSA) is 60.2 Å². The highest BCUT2D eigenvalue weighted by Crippen LogP contribution is 2.21. The van der Waals surface area contributed by atoms with Crippen LogP contribution in [0.4, 0.5) is 0 Å². The Morgan fingerprint density at radius 2 is 2.35 bits per heavy atom. The molecule has 2 heterocycles. The number of rotatable bonds is 4. The molecule has 5 nitrogen and oxygen atoms in total. The van der Waals surface area contributed by atoms with Gasteiger partial charge in [0.15, 0.2) is 12.4 Å². The molecule has 1 unspecified atom stereocenters. The maximum absolute atomic E-state index is 5.89. The number of nitrogens with one attached hydrogen (secondary N) is 1. The first-order valence-electron chi connectivity index (χ1n) is 6.75. The Morgan fingerprint density at radius 3 is 3.15 bits per heavy atom. The Labute approximate surface area is 122 Å². The van der Waals surface area contributed by atoms with Crippen LogP contribution in [-0.2, 0) is 6.61 Å². The summed E-state index contributed by atoms with van der Waals surface area (Å²) in [4.78, 5) is 4.37. The van der Waals surface area contributed by atoms with E-state index in [-0.39, 0.29) is 12.6 Å². The summed E-state index contributed by atoms with van der Waals surface area (Å²) >= 11 is 5.89. The molecular formula is C14H16ClN3O2. The normalized spacial score (nSPS) is 18.9. The van der Waals surface area contributed by atoms with E-state index in [1.54, 1.807) is 12.1 Å². The molecule has 6 heteroatoms. The Balaban J connectivity index is 1.59. The Hall–Kier alpha value is -1.59. The second-order valence-electron chi connectivity index (χ2n) is 4.79. The molecule has 1 aliphatic heterocycles. The zero-order valence-corrected chi connectivity index (χ0v) is 11.8. The fraction of sp³-hybridized carbons (Fsp3) is 0.429. The number of hydrogen-bond acceptors (Lipinski definition) is 5. The number of piperidine rings is 1. The largest absolute Gasteiger partial charge is 0.484 e. The molecule has 1 fully saturated rings. The van der Waals surface area contributed by atoms with Crippen LogP contribution in [0.3, 0.4) is 0 Å². The van der Waals surface area contributed by atoms with Crippen molar-refractivity contribution in [2.75, 3.05) is 6.54 Å². The van der Waals surface area contributed by atoms with Crippen LogP contribution in [0, 0.1) is 0 Å². The van der Waals surface area contributed by atoms with Crippen molar-refractivity contribution in [1.82, 2.24) is 15.5 Å². The first kappa shape index (κ1) is 13.4. The third-order valence-corrected chi connectivity index (χ3v) is 3.50. The molecule has 20 heavy (non-hydrogen) atoms. The van der Waals surface area contributed by atoms with Gasteiger partial charge >= 0.3 is 0 Å². The van der Waals surface area contributed by atoms with Crippen molar-refractivity contribution < 1.29 is 9.26 Å². The molecule has 0 aliphatic carbocycles. The quantitative estimate of drug-likeness (QED) is 0.938. The van der Waals surface area contributed by atoms with Gasteiger partial charge in [0, 0.05) is 5.02 Å². The van der Waals surface area contributed by atoms with Crippen molar-refractivity contribution in [1.29, 1.82) is 0 Å². The molecule has 0 saturated carbocycles. The van der Waals surface area contributed by atoms with Crippen LogP contribution in [0.5, 0.6) is 5.75 Å². The highest BCUT2D eigenvalue weighted by molar-refractivity contribution is 6.30. The summed E-state index contributed by atoms with van der Waals surface area (Å²) < 4.78 is 10.8. The smallest absolute Gasteiger partial charge is 0.264 e. The summed E-state index contributed by atoms with van der Waals surface area (Å²) in [6.45, 7) is 1.26. The van der Waals surface area contributed by atoms with Crippen LogP contribution in [0.25, 0.3) is 0 Å². The van der Waals surface area contributed by atoms with Gasteiger partial charge in [0.1, 0.15) is 5.75 Å². The van der Waals surface area contributed by atoms with E-state index in [0.29, 0.717) is 16.7 Å². The maximum atomic E-state index is 5.89. The van der Waals surface area contributed by atoms with Gasteiger partial charge in [-0.2, -0.15) is 4.98 Å². The molecule has 1 aromatic heterocycles. The predicted octanol–water partition coefficient (Wildman–Crippen LogP) is 3.12. The summed E-state index contributed by atoms with van der Waals surface area (Å²) in [5, 5.41) is 8.04. The lowest BCUT2D eigenvalue weighted by atomic mass is 10.0.